The molecule has 2 saturated heterocycles. The summed E-state index contributed by atoms with van der Waals surface area (Å²) in [5, 5.41) is 16.1. The first-order valence-corrected chi connectivity index (χ1v) is 11.0. The van der Waals surface area contributed by atoms with Crippen LogP contribution in [0.4, 0.5) is 5.00 Å². The van der Waals surface area contributed by atoms with E-state index in [9.17, 15) is 19.5 Å². The van der Waals surface area contributed by atoms with Crippen LogP contribution in [0.25, 0.3) is 0 Å². The number of fused-ring (bicyclic) bond motifs is 3. The molecule has 0 spiro atoms. The van der Waals surface area contributed by atoms with E-state index in [2.05, 4.69) is 10.6 Å². The van der Waals surface area contributed by atoms with Crippen molar-refractivity contribution < 1.29 is 24.2 Å². The van der Waals surface area contributed by atoms with Crippen molar-refractivity contribution in [3.63, 3.8) is 0 Å². The predicted molar refractivity (Wildman–Crippen MR) is 103 cm³/mol. The number of carboxylic acids is 1. The third kappa shape index (κ3) is 3.03. The first kappa shape index (κ1) is 18.1. The molecular weight excluding hydrogens is 380 g/mol. The highest BCUT2D eigenvalue weighted by Gasteiger charge is 2.55. The van der Waals surface area contributed by atoms with E-state index in [1.807, 2.05) is 0 Å². The van der Waals surface area contributed by atoms with Gasteiger partial charge in [0.2, 0.25) is 5.91 Å². The quantitative estimate of drug-likeness (QED) is 0.699. The molecular formula is C20H24N2O5S. The van der Waals surface area contributed by atoms with Crippen molar-refractivity contribution in [2.24, 2.45) is 11.8 Å². The zero-order valence-electron chi connectivity index (χ0n) is 15.5. The van der Waals surface area contributed by atoms with Gasteiger partial charge in [0.05, 0.1) is 29.6 Å². The van der Waals surface area contributed by atoms with Crippen LogP contribution in [0.3, 0.4) is 0 Å². The van der Waals surface area contributed by atoms with E-state index in [0.717, 1.165) is 44.1 Å². The fourth-order valence-corrected chi connectivity index (χ4v) is 6.19. The zero-order chi connectivity index (χ0) is 19.4. The molecule has 0 unspecified atom stereocenters. The first-order valence-electron chi connectivity index (χ1n) is 10.2. The summed E-state index contributed by atoms with van der Waals surface area (Å²) in [5.74, 6) is -2.94. The van der Waals surface area contributed by atoms with E-state index in [0.29, 0.717) is 23.4 Å². The number of nitrogens with one attached hydrogen (secondary N) is 2. The van der Waals surface area contributed by atoms with Gasteiger partial charge in [-0.25, -0.2) is 0 Å². The van der Waals surface area contributed by atoms with Crippen molar-refractivity contribution in [3.8, 4) is 0 Å². The highest BCUT2D eigenvalue weighted by Crippen LogP contribution is 2.45. The molecule has 4 aliphatic rings. The highest BCUT2D eigenvalue weighted by molar-refractivity contribution is 7.17. The van der Waals surface area contributed by atoms with Crippen LogP contribution in [0.1, 0.15) is 59.3 Å². The van der Waals surface area contributed by atoms with E-state index < -0.39 is 17.8 Å². The molecule has 2 amide bonds. The van der Waals surface area contributed by atoms with Crippen LogP contribution in [0.5, 0.6) is 0 Å². The molecule has 0 radical (unpaired) electrons. The summed E-state index contributed by atoms with van der Waals surface area (Å²) in [4.78, 5) is 38.8. The lowest BCUT2D eigenvalue weighted by Gasteiger charge is -2.23. The summed E-state index contributed by atoms with van der Waals surface area (Å²) in [7, 11) is 0. The zero-order valence-corrected chi connectivity index (χ0v) is 16.3. The fourth-order valence-electron chi connectivity index (χ4n) is 4.90. The van der Waals surface area contributed by atoms with Gasteiger partial charge in [-0.2, -0.15) is 0 Å². The van der Waals surface area contributed by atoms with Gasteiger partial charge in [-0.15, -0.1) is 11.3 Å². The van der Waals surface area contributed by atoms with E-state index in [1.165, 1.54) is 16.2 Å². The van der Waals surface area contributed by atoms with Gasteiger partial charge < -0.3 is 20.5 Å². The molecule has 3 fully saturated rings. The maximum Gasteiger partial charge on any atom is 0.310 e. The summed E-state index contributed by atoms with van der Waals surface area (Å²) in [6.07, 6.45) is 6.59. The average Bonchev–Trinajstić information content (AvgIpc) is 3.10. The minimum atomic E-state index is -0.982. The Morgan fingerprint density at radius 2 is 1.71 bits per heavy atom. The molecule has 2 aliphatic heterocycles. The standard InChI is InChI=1S/C20H24N2O5S/c23-17(21-9-5-6-9)14-10-3-1-2-4-13(10)28-19(14)22-18(24)15-11-7-8-12(27-11)16(15)20(25)26/h9,11-12,15-16H,1-8H2,(H,21,23)(H,22,24)(H,25,26)/t11-,12-,15+,16+/m1/s1. The van der Waals surface area contributed by atoms with E-state index >= 15 is 0 Å². The molecule has 1 aromatic heterocycles. The van der Waals surface area contributed by atoms with Crippen molar-refractivity contribution in [1.82, 2.24) is 5.32 Å². The number of carbonyl (C=O) groups is 3. The van der Waals surface area contributed by atoms with Gasteiger partial charge in [-0.1, -0.05) is 0 Å². The lowest BCUT2D eigenvalue weighted by Crippen LogP contribution is -2.41. The number of carbonyl (C=O) groups excluding carboxylic acids is 2. The van der Waals surface area contributed by atoms with Crippen molar-refractivity contribution in [2.75, 3.05) is 5.32 Å². The summed E-state index contributed by atoms with van der Waals surface area (Å²) in [6.45, 7) is 0. The molecule has 2 aliphatic carbocycles. The van der Waals surface area contributed by atoms with Crippen LogP contribution in [0, 0.1) is 11.8 Å². The van der Waals surface area contributed by atoms with Crippen LogP contribution in [-0.4, -0.2) is 41.1 Å². The summed E-state index contributed by atoms with van der Waals surface area (Å²) >= 11 is 1.47. The summed E-state index contributed by atoms with van der Waals surface area (Å²) < 4.78 is 5.72. The number of rotatable bonds is 5. The molecule has 3 N–H and O–H groups in total. The second kappa shape index (κ2) is 6.84. The van der Waals surface area contributed by atoms with Gasteiger partial charge in [-0.05, 0) is 56.9 Å². The minimum Gasteiger partial charge on any atom is -0.481 e. The Hall–Kier alpha value is -1.93. The second-order valence-electron chi connectivity index (χ2n) is 8.33. The van der Waals surface area contributed by atoms with Crippen molar-refractivity contribution >= 4 is 34.1 Å². The molecule has 1 aromatic rings. The van der Waals surface area contributed by atoms with Crippen molar-refractivity contribution in [2.45, 2.75) is 69.6 Å². The van der Waals surface area contributed by atoms with Gasteiger partial charge in [0, 0.05) is 10.9 Å². The maximum absolute atomic E-state index is 13.1. The molecule has 3 heterocycles. The van der Waals surface area contributed by atoms with Crippen LogP contribution in [0.2, 0.25) is 0 Å². The smallest absolute Gasteiger partial charge is 0.310 e. The monoisotopic (exact) mass is 404 g/mol. The third-order valence-electron chi connectivity index (χ3n) is 6.41. The molecule has 4 atom stereocenters. The topological polar surface area (TPSA) is 105 Å². The number of thiophene rings is 1. The lowest BCUT2D eigenvalue weighted by molar-refractivity contribution is -0.147. The van der Waals surface area contributed by atoms with Gasteiger partial charge >= 0.3 is 5.97 Å². The molecule has 5 rings (SSSR count). The van der Waals surface area contributed by atoms with Crippen LogP contribution in [0.15, 0.2) is 0 Å². The number of ether oxygens (including phenoxy) is 1. The fraction of sp³-hybridized carbons (Fsp3) is 0.650. The Labute approximate surface area is 166 Å². The molecule has 7 nitrogen and oxygen atoms in total. The average molecular weight is 404 g/mol. The Morgan fingerprint density at radius 3 is 2.43 bits per heavy atom. The van der Waals surface area contributed by atoms with Gasteiger partial charge in [-0.3, -0.25) is 14.4 Å². The Balaban J connectivity index is 1.43. The minimum absolute atomic E-state index is 0.115. The van der Waals surface area contributed by atoms with Gasteiger partial charge in [0.1, 0.15) is 5.00 Å². The largest absolute Gasteiger partial charge is 0.481 e. The Bertz CT molecular complexity index is 846. The normalized spacial score (nSPS) is 30.7. The summed E-state index contributed by atoms with van der Waals surface area (Å²) in [5.41, 5.74) is 1.65. The van der Waals surface area contributed by atoms with Crippen LogP contribution >= 0.6 is 11.3 Å². The molecule has 150 valence electrons. The molecule has 8 heteroatoms. The lowest BCUT2D eigenvalue weighted by atomic mass is 9.78. The first-order chi connectivity index (χ1) is 13.5. The number of hydrogen-bond acceptors (Lipinski definition) is 5. The van der Waals surface area contributed by atoms with Crippen molar-refractivity contribution in [1.29, 1.82) is 0 Å². The van der Waals surface area contributed by atoms with Crippen molar-refractivity contribution in [3.05, 3.63) is 16.0 Å². The molecule has 28 heavy (non-hydrogen) atoms. The second-order valence-corrected chi connectivity index (χ2v) is 9.44. The van der Waals surface area contributed by atoms with Gasteiger partial charge in [0.25, 0.3) is 5.91 Å². The van der Waals surface area contributed by atoms with Gasteiger partial charge in [0.15, 0.2) is 0 Å². The maximum atomic E-state index is 13.1. The highest BCUT2D eigenvalue weighted by atomic mass is 32.1. The SMILES string of the molecule is O=C(NC1CC1)c1c(NC(=O)[C@@H]2[C@@H](C(=O)O)[C@H]3CC[C@H]2O3)sc2c1CCCC2. The number of amides is 2. The number of aryl methyl sites for hydroxylation is 1. The Kier molecular flexibility index (Phi) is 4.43. The predicted octanol–water partition coefficient (Wildman–Crippen LogP) is 2.34. The molecule has 0 aromatic carbocycles. The number of aliphatic carboxylic acids is 1. The van der Waals surface area contributed by atoms with E-state index in [1.54, 1.807) is 0 Å². The molecule has 2 bridgehead atoms. The van der Waals surface area contributed by atoms with E-state index in [-0.39, 0.29) is 30.1 Å². The number of carboxylic acid groups (broad SMARTS) is 1. The van der Waals surface area contributed by atoms with E-state index in [4.69, 9.17) is 4.74 Å². The van der Waals surface area contributed by atoms with Crippen LogP contribution < -0.4 is 10.6 Å². The number of anilines is 1. The summed E-state index contributed by atoms with van der Waals surface area (Å²) in [6, 6.07) is 0.241. The number of hydrogen-bond donors (Lipinski definition) is 3. The van der Waals surface area contributed by atoms with Crippen LogP contribution in [-0.2, 0) is 27.2 Å². The Morgan fingerprint density at radius 1 is 1.00 bits per heavy atom. The molecule has 1 saturated carbocycles. The third-order valence-corrected chi connectivity index (χ3v) is 7.62.